The molecule has 39 heavy (non-hydrogen) atoms. The molecule has 0 spiro atoms. The van der Waals surface area contributed by atoms with Crippen LogP contribution in [0.15, 0.2) is 65.7 Å². The molecular formula is C26H21F4N7O2. The van der Waals surface area contributed by atoms with Crippen LogP contribution in [0.1, 0.15) is 0 Å². The van der Waals surface area contributed by atoms with E-state index in [9.17, 15) is 22.4 Å². The van der Waals surface area contributed by atoms with Gasteiger partial charge in [-0.2, -0.15) is 23.3 Å². The second-order valence-electron chi connectivity index (χ2n) is 9.24. The van der Waals surface area contributed by atoms with Gasteiger partial charge in [-0.1, -0.05) is 24.3 Å². The number of pyridine rings is 1. The minimum absolute atomic E-state index is 0.0108. The number of aromatic amines is 1. The van der Waals surface area contributed by atoms with E-state index in [0.717, 1.165) is 0 Å². The molecule has 3 aromatic heterocycles. The SMILES string of the molecule is CN(CC1CN(CC(F)(F)F)c2ccccc2O1)c1ncc2c3[nH]ncc3c(=O)n(-c3ccccc3F)c2n1. The van der Waals surface area contributed by atoms with E-state index in [4.69, 9.17) is 4.74 Å². The molecule has 1 unspecified atom stereocenters. The van der Waals surface area contributed by atoms with Gasteiger partial charge in [0.25, 0.3) is 5.56 Å². The van der Waals surface area contributed by atoms with Gasteiger partial charge in [-0.15, -0.1) is 0 Å². The maximum Gasteiger partial charge on any atom is 0.405 e. The lowest BCUT2D eigenvalue weighted by molar-refractivity contribution is -0.120. The molecule has 13 heteroatoms. The Morgan fingerprint density at radius 3 is 2.59 bits per heavy atom. The van der Waals surface area contributed by atoms with Gasteiger partial charge in [0.2, 0.25) is 5.95 Å². The van der Waals surface area contributed by atoms with E-state index < -0.39 is 30.2 Å². The standard InChI is InChI=1S/C26H21F4N7O2/c1-35(12-15-13-36(14-26(28,29)30)20-8-4-5-9-21(20)39-15)25-31-10-16-22-17(11-32-34-22)24(38)37(23(16)33-25)19-7-3-2-6-18(19)27/h2-11,15H,12-14H2,1H3,(H,32,34). The summed E-state index contributed by atoms with van der Waals surface area (Å²) in [5.41, 5.74) is 0.420. The molecule has 4 heterocycles. The number of aromatic nitrogens is 5. The normalized spacial score (nSPS) is 15.4. The lowest BCUT2D eigenvalue weighted by Gasteiger charge is -2.37. The first-order valence-electron chi connectivity index (χ1n) is 12.0. The number of rotatable bonds is 5. The highest BCUT2D eigenvalue weighted by Crippen LogP contribution is 2.35. The van der Waals surface area contributed by atoms with E-state index in [-0.39, 0.29) is 35.8 Å². The number of hydrogen-bond acceptors (Lipinski definition) is 7. The number of likely N-dealkylation sites (N-methyl/N-ethyl adjacent to an activating group) is 1. The van der Waals surface area contributed by atoms with E-state index >= 15 is 0 Å². The van der Waals surface area contributed by atoms with Crippen LogP contribution < -0.4 is 20.1 Å². The average molecular weight is 539 g/mol. The van der Waals surface area contributed by atoms with Crippen LogP contribution in [0.5, 0.6) is 5.75 Å². The number of hydrogen-bond donors (Lipinski definition) is 1. The predicted octanol–water partition coefficient (Wildman–Crippen LogP) is 4.06. The lowest BCUT2D eigenvalue weighted by atomic mass is 10.1. The molecule has 0 fully saturated rings. The highest BCUT2D eigenvalue weighted by Gasteiger charge is 2.36. The number of nitrogens with one attached hydrogen (secondary N) is 1. The fourth-order valence-electron chi connectivity index (χ4n) is 4.85. The van der Waals surface area contributed by atoms with Gasteiger partial charge in [-0.25, -0.2) is 9.37 Å². The molecule has 0 saturated carbocycles. The quantitative estimate of drug-likeness (QED) is 0.337. The van der Waals surface area contributed by atoms with Crippen LogP contribution in [0, 0.1) is 5.82 Å². The molecule has 9 nitrogen and oxygen atoms in total. The van der Waals surface area contributed by atoms with Crippen LogP contribution in [-0.2, 0) is 0 Å². The van der Waals surface area contributed by atoms with Crippen molar-refractivity contribution in [3.8, 4) is 11.4 Å². The Bertz CT molecular complexity index is 1750. The van der Waals surface area contributed by atoms with Crippen LogP contribution >= 0.6 is 0 Å². The van der Waals surface area contributed by atoms with Crippen molar-refractivity contribution in [2.45, 2.75) is 12.3 Å². The van der Waals surface area contributed by atoms with Gasteiger partial charge in [0, 0.05) is 13.2 Å². The monoisotopic (exact) mass is 539 g/mol. The molecule has 0 saturated heterocycles. The third-order valence-corrected chi connectivity index (χ3v) is 6.52. The Labute approximate surface area is 218 Å². The van der Waals surface area contributed by atoms with Crippen LogP contribution in [0.2, 0.25) is 0 Å². The van der Waals surface area contributed by atoms with Gasteiger partial charge >= 0.3 is 6.18 Å². The molecule has 0 amide bonds. The van der Waals surface area contributed by atoms with Gasteiger partial charge in [0.15, 0.2) is 5.65 Å². The number of anilines is 2. The zero-order valence-electron chi connectivity index (χ0n) is 20.5. The summed E-state index contributed by atoms with van der Waals surface area (Å²) in [6, 6.07) is 12.4. The zero-order chi connectivity index (χ0) is 27.3. The number of ether oxygens (including phenoxy) is 1. The number of nitrogens with zero attached hydrogens (tertiary/aromatic N) is 6. The van der Waals surface area contributed by atoms with Crippen molar-refractivity contribution in [2.24, 2.45) is 0 Å². The fraction of sp³-hybridized carbons (Fsp3) is 0.231. The Balaban J connectivity index is 1.38. The summed E-state index contributed by atoms with van der Waals surface area (Å²) in [5, 5.41) is 7.42. The van der Waals surface area contributed by atoms with Crippen molar-refractivity contribution in [1.29, 1.82) is 0 Å². The number of alkyl halides is 3. The van der Waals surface area contributed by atoms with Crippen molar-refractivity contribution in [1.82, 2.24) is 24.7 Å². The Morgan fingerprint density at radius 1 is 1.08 bits per heavy atom. The number of fused-ring (bicyclic) bond motifs is 4. The second-order valence-corrected chi connectivity index (χ2v) is 9.24. The van der Waals surface area contributed by atoms with Crippen molar-refractivity contribution >= 4 is 33.6 Å². The van der Waals surface area contributed by atoms with Crippen molar-refractivity contribution in [3.63, 3.8) is 0 Å². The van der Waals surface area contributed by atoms with E-state index in [0.29, 0.717) is 22.3 Å². The summed E-state index contributed by atoms with van der Waals surface area (Å²) in [6.45, 7) is -0.983. The summed E-state index contributed by atoms with van der Waals surface area (Å²) < 4.78 is 61.9. The van der Waals surface area contributed by atoms with Gasteiger partial charge in [0.05, 0.1) is 47.0 Å². The van der Waals surface area contributed by atoms with Crippen molar-refractivity contribution in [2.75, 3.05) is 36.5 Å². The molecule has 2 aromatic carbocycles. The molecule has 200 valence electrons. The van der Waals surface area contributed by atoms with E-state index in [2.05, 4.69) is 20.2 Å². The van der Waals surface area contributed by atoms with Gasteiger partial charge in [-0.05, 0) is 24.3 Å². The number of H-pyrrole nitrogens is 1. The Hall–Kier alpha value is -4.68. The minimum Gasteiger partial charge on any atom is -0.485 e. The van der Waals surface area contributed by atoms with Crippen LogP contribution in [0.4, 0.5) is 29.2 Å². The average Bonchev–Trinajstić information content (AvgIpc) is 3.39. The largest absolute Gasteiger partial charge is 0.485 e. The highest BCUT2D eigenvalue weighted by atomic mass is 19.4. The molecule has 1 aliphatic rings. The van der Waals surface area contributed by atoms with Crippen molar-refractivity contribution in [3.05, 3.63) is 77.1 Å². The first-order valence-corrected chi connectivity index (χ1v) is 12.0. The smallest absolute Gasteiger partial charge is 0.405 e. The Morgan fingerprint density at radius 2 is 1.82 bits per heavy atom. The predicted molar refractivity (Wildman–Crippen MR) is 137 cm³/mol. The van der Waals surface area contributed by atoms with E-state index in [1.807, 2.05) is 0 Å². The highest BCUT2D eigenvalue weighted by molar-refractivity contribution is 6.02. The number of benzene rings is 2. The summed E-state index contributed by atoms with van der Waals surface area (Å²) in [4.78, 5) is 25.2. The maximum atomic E-state index is 14.8. The molecule has 1 atom stereocenters. The zero-order valence-corrected chi connectivity index (χ0v) is 20.5. The van der Waals surface area contributed by atoms with Gasteiger partial charge < -0.3 is 14.5 Å². The molecule has 6 rings (SSSR count). The molecule has 0 bridgehead atoms. The summed E-state index contributed by atoms with van der Waals surface area (Å²) in [5.74, 6) is -0.0900. The second kappa shape index (κ2) is 9.26. The Kier molecular flexibility index (Phi) is 5.85. The van der Waals surface area contributed by atoms with Crippen molar-refractivity contribution < 1.29 is 22.3 Å². The summed E-state index contributed by atoms with van der Waals surface area (Å²) >= 11 is 0. The number of para-hydroxylation sites is 3. The summed E-state index contributed by atoms with van der Waals surface area (Å²) in [7, 11) is 1.67. The minimum atomic E-state index is -4.39. The van der Waals surface area contributed by atoms with E-state index in [1.54, 1.807) is 42.3 Å². The molecule has 0 radical (unpaired) electrons. The molecule has 5 aromatic rings. The molecule has 1 aliphatic heterocycles. The molecule has 0 aliphatic carbocycles. The number of halogens is 4. The first-order chi connectivity index (χ1) is 18.7. The van der Waals surface area contributed by atoms with Crippen LogP contribution in [0.3, 0.4) is 0 Å². The first kappa shape index (κ1) is 24.6. The van der Waals surface area contributed by atoms with Crippen LogP contribution in [0.25, 0.3) is 27.6 Å². The van der Waals surface area contributed by atoms with Crippen LogP contribution in [-0.4, -0.2) is 63.7 Å². The van der Waals surface area contributed by atoms with Gasteiger partial charge in [-0.3, -0.25) is 14.5 Å². The summed E-state index contributed by atoms with van der Waals surface area (Å²) in [6.07, 6.45) is -2.18. The fourth-order valence-corrected chi connectivity index (χ4v) is 4.85. The topological polar surface area (TPSA) is 92.2 Å². The lowest BCUT2D eigenvalue weighted by Crippen LogP contribution is -2.48. The molecular weight excluding hydrogens is 518 g/mol. The maximum absolute atomic E-state index is 14.8. The van der Waals surface area contributed by atoms with Gasteiger partial charge in [0.1, 0.15) is 24.2 Å². The molecule has 1 N–H and O–H groups in total. The third-order valence-electron chi connectivity index (χ3n) is 6.52. The third kappa shape index (κ3) is 4.49. The van der Waals surface area contributed by atoms with E-state index in [1.165, 1.54) is 40.1 Å².